The van der Waals surface area contributed by atoms with E-state index < -0.39 is 0 Å². The van der Waals surface area contributed by atoms with Gasteiger partial charge in [0.2, 0.25) is 0 Å². The summed E-state index contributed by atoms with van der Waals surface area (Å²) in [6.07, 6.45) is 5.74. The average Bonchev–Trinajstić information content (AvgIpc) is 2.97. The van der Waals surface area contributed by atoms with Crippen LogP contribution in [0.5, 0.6) is 0 Å². The van der Waals surface area contributed by atoms with Crippen molar-refractivity contribution in [3.05, 3.63) is 35.9 Å². The van der Waals surface area contributed by atoms with Gasteiger partial charge in [-0.2, -0.15) is 0 Å². The third-order valence-electron chi connectivity index (χ3n) is 4.62. The van der Waals surface area contributed by atoms with Gasteiger partial charge in [0.1, 0.15) is 0 Å². The molecule has 1 saturated heterocycles. The summed E-state index contributed by atoms with van der Waals surface area (Å²) in [5.74, 6) is 0. The number of hydrogen-bond donors (Lipinski definition) is 1. The molecule has 0 spiro atoms. The van der Waals surface area contributed by atoms with Crippen molar-refractivity contribution in [2.75, 3.05) is 13.7 Å². The second-order valence-corrected chi connectivity index (χ2v) is 6.26. The van der Waals surface area contributed by atoms with E-state index in [0.717, 1.165) is 32.3 Å². The van der Waals surface area contributed by atoms with Crippen molar-refractivity contribution >= 4 is 0 Å². The van der Waals surface area contributed by atoms with Gasteiger partial charge in [-0.05, 0) is 38.3 Å². The number of benzene rings is 1. The van der Waals surface area contributed by atoms with E-state index in [1.54, 1.807) is 0 Å². The van der Waals surface area contributed by atoms with E-state index in [9.17, 15) is 0 Å². The fraction of sp³-hybridized carbons (Fsp3) is 0.667. The van der Waals surface area contributed by atoms with Gasteiger partial charge in [-0.3, -0.25) is 0 Å². The van der Waals surface area contributed by atoms with Crippen molar-refractivity contribution in [1.82, 2.24) is 5.32 Å². The minimum Gasteiger partial charge on any atom is -0.373 e. The molecule has 3 rings (SSSR count). The molecule has 4 heteroatoms. The van der Waals surface area contributed by atoms with E-state index in [2.05, 4.69) is 29.6 Å². The van der Waals surface area contributed by atoms with Gasteiger partial charge in [0.25, 0.3) is 0 Å². The zero-order valence-electron chi connectivity index (χ0n) is 13.4. The van der Waals surface area contributed by atoms with Gasteiger partial charge < -0.3 is 19.5 Å². The van der Waals surface area contributed by atoms with Crippen LogP contribution in [0.2, 0.25) is 0 Å². The van der Waals surface area contributed by atoms with Gasteiger partial charge in [-0.25, -0.2) is 0 Å². The SMILES string of the molecule is CN[C@@H]1C[C@@H](OCc2ccccc2)CC1OC1CCCCO1. The molecule has 122 valence electrons. The monoisotopic (exact) mass is 305 g/mol. The van der Waals surface area contributed by atoms with E-state index in [-0.39, 0.29) is 18.5 Å². The van der Waals surface area contributed by atoms with Crippen LogP contribution in [0.15, 0.2) is 30.3 Å². The first kappa shape index (κ1) is 15.9. The maximum atomic E-state index is 6.17. The molecule has 1 N–H and O–H groups in total. The molecule has 4 atom stereocenters. The van der Waals surface area contributed by atoms with Crippen LogP contribution >= 0.6 is 0 Å². The zero-order chi connectivity index (χ0) is 15.2. The van der Waals surface area contributed by atoms with E-state index in [1.165, 1.54) is 12.0 Å². The quantitative estimate of drug-likeness (QED) is 0.877. The van der Waals surface area contributed by atoms with Crippen molar-refractivity contribution in [2.24, 2.45) is 0 Å². The summed E-state index contributed by atoms with van der Waals surface area (Å²) in [4.78, 5) is 0. The smallest absolute Gasteiger partial charge is 0.158 e. The van der Waals surface area contributed by atoms with Crippen LogP contribution in [0.3, 0.4) is 0 Å². The summed E-state index contributed by atoms with van der Waals surface area (Å²) in [6, 6.07) is 10.7. The third kappa shape index (κ3) is 4.29. The van der Waals surface area contributed by atoms with Gasteiger partial charge in [-0.15, -0.1) is 0 Å². The molecule has 4 nitrogen and oxygen atoms in total. The Bertz CT molecular complexity index is 433. The topological polar surface area (TPSA) is 39.7 Å². The minimum absolute atomic E-state index is 0.0255. The predicted octanol–water partition coefficient (Wildman–Crippen LogP) is 2.87. The van der Waals surface area contributed by atoms with Crippen molar-refractivity contribution in [3.8, 4) is 0 Å². The Labute approximate surface area is 133 Å². The summed E-state index contributed by atoms with van der Waals surface area (Å²) in [5.41, 5.74) is 1.23. The normalized spacial score (nSPS) is 32.2. The lowest BCUT2D eigenvalue weighted by Gasteiger charge is -2.28. The molecule has 1 aromatic carbocycles. The molecule has 1 saturated carbocycles. The molecule has 1 aliphatic heterocycles. The second-order valence-electron chi connectivity index (χ2n) is 6.26. The van der Waals surface area contributed by atoms with Gasteiger partial charge in [0.05, 0.1) is 18.8 Å². The molecule has 0 aromatic heterocycles. The summed E-state index contributed by atoms with van der Waals surface area (Å²) in [6.45, 7) is 1.50. The molecular weight excluding hydrogens is 278 g/mol. The molecule has 2 fully saturated rings. The summed E-state index contributed by atoms with van der Waals surface area (Å²) < 4.78 is 18.0. The Balaban J connectivity index is 1.48. The number of nitrogens with one attached hydrogen (secondary N) is 1. The van der Waals surface area contributed by atoms with Crippen molar-refractivity contribution in [1.29, 1.82) is 0 Å². The van der Waals surface area contributed by atoms with Crippen molar-refractivity contribution in [2.45, 2.75) is 63.3 Å². The first-order chi connectivity index (χ1) is 10.8. The minimum atomic E-state index is -0.0255. The highest BCUT2D eigenvalue weighted by Crippen LogP contribution is 2.29. The lowest BCUT2D eigenvalue weighted by atomic mass is 10.2. The molecule has 22 heavy (non-hydrogen) atoms. The summed E-state index contributed by atoms with van der Waals surface area (Å²) in [5, 5.41) is 3.37. The Kier molecular flexibility index (Phi) is 5.84. The first-order valence-corrected chi connectivity index (χ1v) is 8.45. The van der Waals surface area contributed by atoms with Crippen LogP contribution < -0.4 is 5.32 Å². The zero-order valence-corrected chi connectivity index (χ0v) is 13.4. The molecular formula is C18H27NO3. The molecule has 2 unspecified atom stereocenters. The summed E-state index contributed by atoms with van der Waals surface area (Å²) in [7, 11) is 2.00. The molecule has 1 aromatic rings. The average molecular weight is 305 g/mol. The van der Waals surface area contributed by atoms with E-state index in [0.29, 0.717) is 12.6 Å². The van der Waals surface area contributed by atoms with Crippen LogP contribution in [-0.4, -0.2) is 38.2 Å². The molecule has 0 amide bonds. The Morgan fingerprint density at radius 3 is 2.77 bits per heavy atom. The highest BCUT2D eigenvalue weighted by Gasteiger charge is 2.36. The van der Waals surface area contributed by atoms with E-state index in [1.807, 2.05) is 13.1 Å². The fourth-order valence-electron chi connectivity index (χ4n) is 3.35. The summed E-state index contributed by atoms with van der Waals surface area (Å²) >= 11 is 0. The lowest BCUT2D eigenvalue weighted by Crippen LogP contribution is -2.38. The van der Waals surface area contributed by atoms with Crippen molar-refractivity contribution in [3.63, 3.8) is 0 Å². The van der Waals surface area contributed by atoms with E-state index in [4.69, 9.17) is 14.2 Å². The number of likely N-dealkylation sites (N-methyl/N-ethyl adjacent to an activating group) is 1. The Morgan fingerprint density at radius 2 is 2.05 bits per heavy atom. The molecule has 0 radical (unpaired) electrons. The van der Waals surface area contributed by atoms with Crippen LogP contribution in [-0.2, 0) is 20.8 Å². The predicted molar refractivity (Wildman–Crippen MR) is 85.6 cm³/mol. The van der Waals surface area contributed by atoms with Crippen LogP contribution in [0, 0.1) is 0 Å². The molecule has 0 bridgehead atoms. The largest absolute Gasteiger partial charge is 0.373 e. The molecule has 1 aliphatic carbocycles. The number of hydrogen-bond acceptors (Lipinski definition) is 4. The second kappa shape index (κ2) is 8.06. The van der Waals surface area contributed by atoms with Gasteiger partial charge >= 0.3 is 0 Å². The van der Waals surface area contributed by atoms with Crippen LogP contribution in [0.25, 0.3) is 0 Å². The standard InChI is InChI=1S/C18H27NO3/c1-19-16-11-15(21-13-14-7-3-2-4-8-14)12-17(16)22-18-9-5-6-10-20-18/h2-4,7-8,15-19H,5-6,9-13H2,1H3/t15-,16-,17?,18?/m1/s1. The Hall–Kier alpha value is -0.940. The molecule has 2 aliphatic rings. The maximum Gasteiger partial charge on any atom is 0.158 e. The molecule has 1 heterocycles. The van der Waals surface area contributed by atoms with Gasteiger partial charge in [0, 0.05) is 19.1 Å². The fourth-order valence-corrected chi connectivity index (χ4v) is 3.35. The Morgan fingerprint density at radius 1 is 1.18 bits per heavy atom. The lowest BCUT2D eigenvalue weighted by molar-refractivity contribution is -0.191. The first-order valence-electron chi connectivity index (χ1n) is 8.45. The van der Waals surface area contributed by atoms with E-state index >= 15 is 0 Å². The highest BCUT2D eigenvalue weighted by atomic mass is 16.7. The van der Waals surface area contributed by atoms with Gasteiger partial charge in [0.15, 0.2) is 6.29 Å². The maximum absolute atomic E-state index is 6.17. The highest BCUT2D eigenvalue weighted by molar-refractivity contribution is 5.13. The van der Waals surface area contributed by atoms with Crippen LogP contribution in [0.1, 0.15) is 37.7 Å². The van der Waals surface area contributed by atoms with Gasteiger partial charge in [-0.1, -0.05) is 30.3 Å². The third-order valence-corrected chi connectivity index (χ3v) is 4.62. The van der Waals surface area contributed by atoms with Crippen LogP contribution in [0.4, 0.5) is 0 Å². The number of ether oxygens (including phenoxy) is 3. The number of rotatable bonds is 6. The van der Waals surface area contributed by atoms with Crippen molar-refractivity contribution < 1.29 is 14.2 Å².